The molecule has 0 unspecified atom stereocenters. The Bertz CT molecular complexity index is 624. The Morgan fingerprint density at radius 1 is 1.08 bits per heavy atom. The highest BCUT2D eigenvalue weighted by molar-refractivity contribution is 5.77. The normalized spacial score (nSPS) is 40.7. The lowest BCUT2D eigenvalue weighted by Gasteiger charge is -2.56. The number of hydrogen-bond donors (Lipinski definition) is 1. The van der Waals surface area contributed by atoms with Gasteiger partial charge in [-0.2, -0.15) is 0 Å². The van der Waals surface area contributed by atoms with Gasteiger partial charge in [0.15, 0.2) is 0 Å². The summed E-state index contributed by atoms with van der Waals surface area (Å²) < 4.78 is 5.71. The van der Waals surface area contributed by atoms with Crippen molar-refractivity contribution < 1.29 is 9.53 Å². The summed E-state index contributed by atoms with van der Waals surface area (Å²) in [6.45, 7) is 1.40. The van der Waals surface area contributed by atoms with Crippen molar-refractivity contribution in [1.82, 2.24) is 10.3 Å². The second-order valence-electron chi connectivity index (χ2n) is 9.63. The molecule has 4 bridgehead atoms. The quantitative estimate of drug-likeness (QED) is 0.882. The molecule has 4 saturated carbocycles. The fraction of sp³-hybridized carbons (Fsp3) is 0.727. The third-order valence-corrected chi connectivity index (χ3v) is 7.49. The highest BCUT2D eigenvalue weighted by Gasteiger charge is 2.51. The van der Waals surface area contributed by atoms with Gasteiger partial charge in [-0.15, -0.1) is 0 Å². The summed E-state index contributed by atoms with van der Waals surface area (Å²) in [5.41, 5.74) is 1.59. The van der Waals surface area contributed by atoms with Crippen molar-refractivity contribution in [1.29, 1.82) is 0 Å². The van der Waals surface area contributed by atoms with E-state index < -0.39 is 0 Å². The summed E-state index contributed by atoms with van der Waals surface area (Å²) in [5, 5.41) is 3.34. The van der Waals surface area contributed by atoms with E-state index >= 15 is 0 Å². The number of carbonyl (C=O) groups excluding carboxylic acids is 1. The molecule has 6 rings (SSSR count). The molecule has 140 valence electrons. The molecule has 2 atom stereocenters. The van der Waals surface area contributed by atoms with Crippen LogP contribution in [0.15, 0.2) is 24.5 Å². The second-order valence-corrected chi connectivity index (χ2v) is 9.63. The van der Waals surface area contributed by atoms with E-state index in [0.29, 0.717) is 17.9 Å². The highest BCUT2D eigenvalue weighted by Crippen LogP contribution is 2.61. The molecule has 1 aromatic rings. The van der Waals surface area contributed by atoms with E-state index in [2.05, 4.69) is 22.4 Å². The summed E-state index contributed by atoms with van der Waals surface area (Å²) >= 11 is 0. The third-order valence-electron chi connectivity index (χ3n) is 7.49. The van der Waals surface area contributed by atoms with Gasteiger partial charge in [0.2, 0.25) is 5.91 Å². The van der Waals surface area contributed by atoms with E-state index in [1.807, 2.05) is 12.4 Å². The first-order valence-corrected chi connectivity index (χ1v) is 10.4. The van der Waals surface area contributed by atoms with Crippen molar-refractivity contribution in [3.63, 3.8) is 0 Å². The SMILES string of the molecule is O=C(CC12CC3CC(CC(C3)C1)C2)N[C@@H]1COC[C@H]1Cc1ccncc1. The van der Waals surface area contributed by atoms with Crippen LogP contribution >= 0.6 is 0 Å². The molecule has 5 fully saturated rings. The summed E-state index contributed by atoms with van der Waals surface area (Å²) in [6.07, 6.45) is 13.6. The molecule has 0 aromatic carbocycles. The Morgan fingerprint density at radius 2 is 1.73 bits per heavy atom. The molecular formula is C22H30N2O2. The predicted octanol–water partition coefficient (Wildman–Crippen LogP) is 3.36. The molecule has 4 aliphatic carbocycles. The van der Waals surface area contributed by atoms with Crippen molar-refractivity contribution in [2.45, 2.75) is 57.4 Å². The minimum absolute atomic E-state index is 0.157. The minimum Gasteiger partial charge on any atom is -0.379 e. The van der Waals surface area contributed by atoms with Crippen LogP contribution in [0.5, 0.6) is 0 Å². The number of rotatable bonds is 5. The van der Waals surface area contributed by atoms with Gasteiger partial charge >= 0.3 is 0 Å². The monoisotopic (exact) mass is 354 g/mol. The maximum atomic E-state index is 12.9. The molecule has 1 amide bonds. The molecule has 1 N–H and O–H groups in total. The predicted molar refractivity (Wildman–Crippen MR) is 99.4 cm³/mol. The van der Waals surface area contributed by atoms with Gasteiger partial charge in [-0.05, 0) is 85.8 Å². The van der Waals surface area contributed by atoms with Crippen LogP contribution in [0.3, 0.4) is 0 Å². The Balaban J connectivity index is 1.20. The third kappa shape index (κ3) is 3.28. The number of aromatic nitrogens is 1. The Kier molecular flexibility index (Phi) is 4.27. The van der Waals surface area contributed by atoms with Crippen LogP contribution < -0.4 is 5.32 Å². The first-order chi connectivity index (χ1) is 12.7. The number of amides is 1. The first kappa shape index (κ1) is 16.7. The first-order valence-electron chi connectivity index (χ1n) is 10.4. The van der Waals surface area contributed by atoms with Crippen molar-refractivity contribution in [3.8, 4) is 0 Å². The summed E-state index contributed by atoms with van der Waals surface area (Å²) in [4.78, 5) is 17.0. The standard InChI is InChI=1S/C22H30N2O2/c25-21(12-22-9-16-5-17(10-22)7-18(6-16)11-22)24-20-14-26-13-19(20)8-15-1-3-23-4-2-15/h1-4,16-20H,5-14H2,(H,24,25)/t16?,17?,18?,19-,20-,22?/m1/s1. The zero-order valence-electron chi connectivity index (χ0n) is 15.5. The molecule has 4 nitrogen and oxygen atoms in total. The van der Waals surface area contributed by atoms with Gasteiger partial charge < -0.3 is 10.1 Å². The minimum atomic E-state index is 0.157. The smallest absolute Gasteiger partial charge is 0.220 e. The van der Waals surface area contributed by atoms with Crippen LogP contribution in [0.2, 0.25) is 0 Å². The van der Waals surface area contributed by atoms with Crippen LogP contribution in [-0.2, 0) is 16.0 Å². The zero-order chi connectivity index (χ0) is 17.6. The molecular weight excluding hydrogens is 324 g/mol. The highest BCUT2D eigenvalue weighted by atomic mass is 16.5. The second kappa shape index (κ2) is 6.63. The van der Waals surface area contributed by atoms with Gasteiger partial charge in [-0.3, -0.25) is 9.78 Å². The molecule has 0 radical (unpaired) electrons. The van der Waals surface area contributed by atoms with Gasteiger partial charge in [0.05, 0.1) is 19.3 Å². The van der Waals surface area contributed by atoms with E-state index in [9.17, 15) is 4.79 Å². The van der Waals surface area contributed by atoms with Crippen molar-refractivity contribution in [2.24, 2.45) is 29.1 Å². The van der Waals surface area contributed by atoms with Gasteiger partial charge in [-0.1, -0.05) is 0 Å². The topological polar surface area (TPSA) is 51.2 Å². The van der Waals surface area contributed by atoms with Gasteiger partial charge in [0, 0.05) is 24.7 Å². The van der Waals surface area contributed by atoms with E-state index in [1.165, 1.54) is 44.1 Å². The summed E-state index contributed by atoms with van der Waals surface area (Å²) in [6, 6.07) is 4.28. The van der Waals surface area contributed by atoms with E-state index in [-0.39, 0.29) is 11.9 Å². The maximum Gasteiger partial charge on any atom is 0.220 e. The van der Waals surface area contributed by atoms with Crippen molar-refractivity contribution in [3.05, 3.63) is 30.1 Å². The van der Waals surface area contributed by atoms with E-state index in [1.54, 1.807) is 0 Å². The number of ether oxygens (including phenoxy) is 1. The molecule has 26 heavy (non-hydrogen) atoms. The van der Waals surface area contributed by atoms with E-state index in [0.717, 1.165) is 37.2 Å². The zero-order valence-corrected chi connectivity index (χ0v) is 15.5. The Morgan fingerprint density at radius 3 is 2.38 bits per heavy atom. The fourth-order valence-corrected chi connectivity index (χ4v) is 6.89. The Labute approximate surface area is 156 Å². The van der Waals surface area contributed by atoms with Crippen LogP contribution in [0, 0.1) is 29.1 Å². The van der Waals surface area contributed by atoms with E-state index in [4.69, 9.17) is 4.74 Å². The van der Waals surface area contributed by atoms with Crippen LogP contribution in [0.4, 0.5) is 0 Å². The lowest BCUT2D eigenvalue weighted by Crippen LogP contribution is -2.49. The van der Waals surface area contributed by atoms with Crippen LogP contribution in [0.25, 0.3) is 0 Å². The number of nitrogens with one attached hydrogen (secondary N) is 1. The average Bonchev–Trinajstić information content (AvgIpc) is 3.00. The molecule has 1 aromatic heterocycles. The van der Waals surface area contributed by atoms with Crippen molar-refractivity contribution >= 4 is 5.91 Å². The lowest BCUT2D eigenvalue weighted by molar-refractivity contribution is -0.130. The number of nitrogens with zero attached hydrogens (tertiary/aromatic N) is 1. The molecule has 0 spiro atoms. The summed E-state index contributed by atoms with van der Waals surface area (Å²) in [5.74, 6) is 3.36. The largest absolute Gasteiger partial charge is 0.379 e. The van der Waals surface area contributed by atoms with Crippen molar-refractivity contribution in [2.75, 3.05) is 13.2 Å². The molecule has 1 saturated heterocycles. The Hall–Kier alpha value is -1.42. The average molecular weight is 354 g/mol. The van der Waals surface area contributed by atoms with Gasteiger partial charge in [-0.25, -0.2) is 0 Å². The molecule has 4 heteroatoms. The number of hydrogen-bond acceptors (Lipinski definition) is 3. The van der Waals surface area contributed by atoms with Gasteiger partial charge in [0.25, 0.3) is 0 Å². The van der Waals surface area contributed by atoms with Gasteiger partial charge in [0.1, 0.15) is 0 Å². The van der Waals surface area contributed by atoms with Crippen LogP contribution in [-0.4, -0.2) is 30.1 Å². The molecule has 1 aliphatic heterocycles. The maximum absolute atomic E-state index is 12.9. The lowest BCUT2D eigenvalue weighted by atomic mass is 9.49. The fourth-order valence-electron chi connectivity index (χ4n) is 6.89. The molecule has 5 aliphatic rings. The van der Waals surface area contributed by atoms with Crippen LogP contribution in [0.1, 0.15) is 50.5 Å². The summed E-state index contributed by atoms with van der Waals surface area (Å²) in [7, 11) is 0. The number of pyridine rings is 1. The number of carbonyl (C=O) groups is 1. The molecule has 2 heterocycles.